The summed E-state index contributed by atoms with van der Waals surface area (Å²) in [4.78, 5) is 0.919. The average Bonchev–Trinajstić information content (AvgIpc) is 2.62. The number of benzene rings is 3. The van der Waals surface area contributed by atoms with Crippen LogP contribution in [-0.4, -0.2) is 0 Å². The van der Waals surface area contributed by atoms with Crippen LogP contribution in [0, 0.1) is 5.92 Å². The molecule has 0 bridgehead atoms. The second-order valence-corrected chi connectivity index (χ2v) is 7.75. The first kappa shape index (κ1) is 17.7. The second-order valence-electron chi connectivity index (χ2n) is 7.27. The molecular formula is C24H25S. The van der Waals surface area contributed by atoms with Crippen molar-refractivity contribution in [3.63, 3.8) is 0 Å². The van der Waals surface area contributed by atoms with Crippen LogP contribution in [0.15, 0.2) is 83.8 Å². The maximum absolute atomic E-state index is 5.47. The van der Waals surface area contributed by atoms with Crippen molar-refractivity contribution in [2.75, 3.05) is 0 Å². The van der Waals surface area contributed by atoms with E-state index in [1.165, 1.54) is 22.3 Å². The first-order valence-electron chi connectivity index (χ1n) is 8.93. The third-order valence-electron chi connectivity index (χ3n) is 4.95. The summed E-state index contributed by atoms with van der Waals surface area (Å²) in [6, 6.07) is 28.1. The summed E-state index contributed by atoms with van der Waals surface area (Å²) in [5.74, 6) is 0.589. The quantitative estimate of drug-likeness (QED) is 0.446. The lowest BCUT2D eigenvalue weighted by Crippen LogP contribution is -2.27. The maximum Gasteiger partial charge on any atom is 0.0426 e. The van der Waals surface area contributed by atoms with E-state index in [0.29, 0.717) is 5.92 Å². The van der Waals surface area contributed by atoms with Gasteiger partial charge in [0.1, 0.15) is 0 Å². The van der Waals surface area contributed by atoms with Crippen LogP contribution in [0.25, 0.3) is 0 Å². The lowest BCUT2D eigenvalue weighted by atomic mass is 9.69. The molecule has 1 heteroatoms. The Morgan fingerprint density at radius 2 is 1.32 bits per heavy atom. The molecule has 0 atom stereocenters. The normalized spacial score (nSPS) is 11.7. The topological polar surface area (TPSA) is 0 Å². The van der Waals surface area contributed by atoms with Crippen molar-refractivity contribution in [2.45, 2.75) is 37.5 Å². The Bertz CT molecular complexity index is 780. The summed E-state index contributed by atoms with van der Waals surface area (Å²) in [6.45, 7) is 6.87. The van der Waals surface area contributed by atoms with Crippen LogP contribution in [-0.2, 0) is 11.8 Å². The standard InChI is InChI=1S/C24H25S/c1-18(2)16-19-17-22(25)14-15-23(19)24(3,20-10-6-4-7-11-20)21-12-8-5-9-13-21/h4-15,17-18H,16H2,1-3H3. The molecule has 0 heterocycles. The van der Waals surface area contributed by atoms with Gasteiger partial charge in [-0.15, -0.1) is 0 Å². The van der Waals surface area contributed by atoms with Crippen molar-refractivity contribution >= 4 is 12.6 Å². The van der Waals surface area contributed by atoms with Crippen molar-refractivity contribution in [1.29, 1.82) is 0 Å². The van der Waals surface area contributed by atoms with Gasteiger partial charge in [0.05, 0.1) is 0 Å². The largest absolute Gasteiger partial charge is 0.0801 e. The fourth-order valence-electron chi connectivity index (χ4n) is 3.69. The minimum atomic E-state index is -0.199. The Labute approximate surface area is 157 Å². The number of rotatable bonds is 5. The molecule has 1 radical (unpaired) electrons. The fraction of sp³-hybridized carbons (Fsp3) is 0.250. The van der Waals surface area contributed by atoms with Gasteiger partial charge in [0.15, 0.2) is 0 Å². The van der Waals surface area contributed by atoms with Crippen LogP contribution >= 0.6 is 12.6 Å². The maximum atomic E-state index is 5.47. The zero-order chi connectivity index (χ0) is 17.9. The first-order chi connectivity index (χ1) is 12.0. The van der Waals surface area contributed by atoms with Crippen LogP contribution in [0.5, 0.6) is 0 Å². The molecule has 0 aliphatic rings. The molecule has 0 nitrogen and oxygen atoms in total. The van der Waals surface area contributed by atoms with Gasteiger partial charge in [0, 0.05) is 10.3 Å². The van der Waals surface area contributed by atoms with E-state index in [1.54, 1.807) is 0 Å². The van der Waals surface area contributed by atoms with Crippen LogP contribution in [0.1, 0.15) is 43.0 Å². The highest BCUT2D eigenvalue weighted by molar-refractivity contribution is 7.80. The highest BCUT2D eigenvalue weighted by atomic mass is 32.1. The molecule has 0 aliphatic carbocycles. The zero-order valence-corrected chi connectivity index (χ0v) is 16.0. The van der Waals surface area contributed by atoms with Crippen LogP contribution < -0.4 is 0 Å². The predicted molar refractivity (Wildman–Crippen MR) is 109 cm³/mol. The third-order valence-corrected chi connectivity index (χ3v) is 5.20. The molecule has 127 valence electrons. The molecule has 3 aromatic carbocycles. The molecule has 0 saturated carbocycles. The van der Waals surface area contributed by atoms with Gasteiger partial charge in [-0.05, 0) is 53.6 Å². The molecule has 3 rings (SSSR count). The molecule has 0 saturated heterocycles. The lowest BCUT2D eigenvalue weighted by Gasteiger charge is -2.34. The Morgan fingerprint density at radius 3 is 1.80 bits per heavy atom. The highest BCUT2D eigenvalue weighted by Gasteiger charge is 2.33. The van der Waals surface area contributed by atoms with Gasteiger partial charge in [0.25, 0.3) is 0 Å². The van der Waals surface area contributed by atoms with Gasteiger partial charge in [-0.25, -0.2) is 0 Å². The predicted octanol–water partition coefficient (Wildman–Crippen LogP) is 6.80. The van der Waals surface area contributed by atoms with E-state index in [2.05, 4.69) is 99.6 Å². The Kier molecular flexibility index (Phi) is 5.24. The second kappa shape index (κ2) is 7.41. The Morgan fingerprint density at radius 1 is 0.800 bits per heavy atom. The fourth-order valence-corrected chi connectivity index (χ4v) is 3.90. The Hall–Kier alpha value is -2.12. The molecule has 0 fully saturated rings. The van der Waals surface area contributed by atoms with Crippen molar-refractivity contribution in [1.82, 2.24) is 0 Å². The summed E-state index contributed by atoms with van der Waals surface area (Å²) < 4.78 is 0. The molecule has 0 spiro atoms. The van der Waals surface area contributed by atoms with Gasteiger partial charge >= 0.3 is 0 Å². The van der Waals surface area contributed by atoms with Crippen LogP contribution in [0.3, 0.4) is 0 Å². The van der Waals surface area contributed by atoms with E-state index < -0.39 is 0 Å². The van der Waals surface area contributed by atoms with Gasteiger partial charge in [-0.2, -0.15) is 0 Å². The molecule has 0 aromatic heterocycles. The SMILES string of the molecule is CC(C)Cc1cc([S])ccc1C(C)(c1ccccc1)c1ccccc1. The Balaban J connectivity index is 2.27. The molecule has 3 aromatic rings. The van der Waals surface area contributed by atoms with E-state index in [4.69, 9.17) is 12.6 Å². The average molecular weight is 346 g/mol. The zero-order valence-electron chi connectivity index (χ0n) is 15.2. The molecule has 0 N–H and O–H groups in total. The van der Waals surface area contributed by atoms with E-state index >= 15 is 0 Å². The molecule has 25 heavy (non-hydrogen) atoms. The smallest absolute Gasteiger partial charge is 0.0426 e. The monoisotopic (exact) mass is 345 g/mol. The van der Waals surface area contributed by atoms with Crippen molar-refractivity contribution < 1.29 is 0 Å². The van der Waals surface area contributed by atoms with Gasteiger partial charge in [-0.1, -0.05) is 93.2 Å². The van der Waals surface area contributed by atoms with Crippen LogP contribution in [0.2, 0.25) is 0 Å². The lowest BCUT2D eigenvalue weighted by molar-refractivity contribution is 0.618. The molecule has 0 unspecified atom stereocenters. The first-order valence-corrected chi connectivity index (χ1v) is 9.34. The van der Waals surface area contributed by atoms with E-state index in [-0.39, 0.29) is 5.41 Å². The summed E-state index contributed by atoms with van der Waals surface area (Å²) in [6.07, 6.45) is 1.04. The summed E-state index contributed by atoms with van der Waals surface area (Å²) in [7, 11) is 0. The van der Waals surface area contributed by atoms with Crippen molar-refractivity contribution in [3.8, 4) is 0 Å². The minimum Gasteiger partial charge on any atom is -0.0801 e. The number of hydrogen-bond acceptors (Lipinski definition) is 0. The molecule has 0 amide bonds. The third kappa shape index (κ3) is 3.62. The van der Waals surface area contributed by atoms with E-state index in [9.17, 15) is 0 Å². The van der Waals surface area contributed by atoms with E-state index in [0.717, 1.165) is 11.3 Å². The molecule has 0 aliphatic heterocycles. The summed E-state index contributed by atoms with van der Waals surface area (Å²) in [5, 5.41) is 0. The van der Waals surface area contributed by atoms with Gasteiger partial charge < -0.3 is 0 Å². The van der Waals surface area contributed by atoms with E-state index in [1.807, 2.05) is 0 Å². The summed E-state index contributed by atoms with van der Waals surface area (Å²) in [5.41, 5.74) is 5.13. The van der Waals surface area contributed by atoms with Crippen LogP contribution in [0.4, 0.5) is 0 Å². The van der Waals surface area contributed by atoms with Gasteiger partial charge in [-0.3, -0.25) is 0 Å². The van der Waals surface area contributed by atoms with Crippen molar-refractivity contribution in [3.05, 3.63) is 101 Å². The molecular weight excluding hydrogens is 320 g/mol. The van der Waals surface area contributed by atoms with Gasteiger partial charge in [0.2, 0.25) is 0 Å². The minimum absolute atomic E-state index is 0.199. The van der Waals surface area contributed by atoms with Crippen molar-refractivity contribution in [2.24, 2.45) is 5.92 Å². The summed E-state index contributed by atoms with van der Waals surface area (Å²) >= 11 is 5.47. The highest BCUT2D eigenvalue weighted by Crippen LogP contribution is 2.41. The number of hydrogen-bond donors (Lipinski definition) is 0.